The highest BCUT2D eigenvalue weighted by Crippen LogP contribution is 2.13. The second kappa shape index (κ2) is 4.41. The summed E-state index contributed by atoms with van der Waals surface area (Å²) >= 11 is 0. The molecule has 2 aromatic heterocycles. The van der Waals surface area contributed by atoms with Crippen molar-refractivity contribution in [3.63, 3.8) is 0 Å². The van der Waals surface area contributed by atoms with Crippen LogP contribution >= 0.6 is 0 Å². The summed E-state index contributed by atoms with van der Waals surface area (Å²) in [5, 5.41) is 13.7. The predicted octanol–water partition coefficient (Wildman–Crippen LogP) is 1.45. The highest BCUT2D eigenvalue weighted by molar-refractivity contribution is 6.03. The molecule has 0 bridgehead atoms. The summed E-state index contributed by atoms with van der Waals surface area (Å²) in [6.07, 6.45) is 2.52. The Labute approximate surface area is 108 Å². The van der Waals surface area contributed by atoms with Gasteiger partial charge in [-0.25, -0.2) is 4.98 Å². The SMILES string of the molecule is O=C(Nc1nc2ccccc2[nH]1)c1ccc[n+]([O-])c1. The van der Waals surface area contributed by atoms with Crippen LogP contribution in [-0.4, -0.2) is 15.9 Å². The Balaban J connectivity index is 1.86. The van der Waals surface area contributed by atoms with Gasteiger partial charge in [-0.05, 0) is 18.2 Å². The summed E-state index contributed by atoms with van der Waals surface area (Å²) in [5.74, 6) is -0.0308. The van der Waals surface area contributed by atoms with Crippen molar-refractivity contribution in [1.29, 1.82) is 0 Å². The Kier molecular flexibility index (Phi) is 2.60. The first-order valence-electron chi connectivity index (χ1n) is 5.67. The molecule has 0 aliphatic heterocycles. The second-order valence-corrected chi connectivity index (χ2v) is 4.01. The molecule has 0 atom stereocenters. The van der Waals surface area contributed by atoms with E-state index < -0.39 is 0 Å². The number of para-hydroxylation sites is 2. The topological polar surface area (TPSA) is 84.7 Å². The minimum atomic E-state index is -0.385. The first kappa shape index (κ1) is 11.2. The van der Waals surface area contributed by atoms with E-state index in [-0.39, 0.29) is 11.5 Å². The van der Waals surface area contributed by atoms with Crippen LogP contribution in [0.25, 0.3) is 11.0 Å². The molecule has 0 saturated carbocycles. The monoisotopic (exact) mass is 254 g/mol. The van der Waals surface area contributed by atoms with Crippen LogP contribution in [0.5, 0.6) is 0 Å². The lowest BCUT2D eigenvalue weighted by Crippen LogP contribution is -2.27. The molecule has 1 aromatic carbocycles. The third kappa shape index (κ3) is 2.23. The van der Waals surface area contributed by atoms with Gasteiger partial charge in [-0.3, -0.25) is 10.1 Å². The number of fused-ring (bicyclic) bond motifs is 1. The molecule has 3 rings (SSSR count). The van der Waals surface area contributed by atoms with Gasteiger partial charge in [0.15, 0.2) is 12.4 Å². The number of hydrogen-bond acceptors (Lipinski definition) is 3. The largest absolute Gasteiger partial charge is 0.619 e. The van der Waals surface area contributed by atoms with Gasteiger partial charge in [0, 0.05) is 6.07 Å². The molecule has 0 saturated heterocycles. The van der Waals surface area contributed by atoms with Crippen molar-refractivity contribution >= 4 is 22.9 Å². The maximum absolute atomic E-state index is 11.9. The van der Waals surface area contributed by atoms with Gasteiger partial charge in [0.2, 0.25) is 5.95 Å². The zero-order valence-corrected chi connectivity index (χ0v) is 9.83. The number of amides is 1. The van der Waals surface area contributed by atoms with E-state index in [0.29, 0.717) is 10.7 Å². The smallest absolute Gasteiger partial charge is 0.264 e. The Hall–Kier alpha value is -2.89. The van der Waals surface area contributed by atoms with E-state index >= 15 is 0 Å². The lowest BCUT2D eigenvalue weighted by Gasteiger charge is -2.01. The van der Waals surface area contributed by atoms with Gasteiger partial charge in [-0.1, -0.05) is 12.1 Å². The first-order chi connectivity index (χ1) is 9.22. The lowest BCUT2D eigenvalue weighted by atomic mass is 10.3. The van der Waals surface area contributed by atoms with Crippen LogP contribution in [0.4, 0.5) is 5.95 Å². The minimum Gasteiger partial charge on any atom is -0.619 e. The third-order valence-electron chi connectivity index (χ3n) is 2.66. The van der Waals surface area contributed by atoms with E-state index in [1.165, 1.54) is 18.5 Å². The molecule has 0 fully saturated rings. The summed E-state index contributed by atoms with van der Waals surface area (Å²) in [4.78, 5) is 19.1. The van der Waals surface area contributed by atoms with Crippen LogP contribution in [0.2, 0.25) is 0 Å². The number of carbonyl (C=O) groups excluding carboxylic acids is 1. The summed E-state index contributed by atoms with van der Waals surface area (Å²) in [7, 11) is 0. The molecule has 0 radical (unpaired) electrons. The number of hydrogen-bond donors (Lipinski definition) is 2. The molecule has 19 heavy (non-hydrogen) atoms. The number of imidazole rings is 1. The van der Waals surface area contributed by atoms with Gasteiger partial charge in [-0.15, -0.1) is 0 Å². The third-order valence-corrected chi connectivity index (χ3v) is 2.66. The number of nitrogens with one attached hydrogen (secondary N) is 2. The summed E-state index contributed by atoms with van der Waals surface area (Å²) in [5.41, 5.74) is 1.88. The van der Waals surface area contributed by atoms with Crippen molar-refractivity contribution in [2.75, 3.05) is 5.32 Å². The molecule has 0 spiro atoms. The highest BCUT2D eigenvalue weighted by atomic mass is 16.5. The fourth-order valence-corrected chi connectivity index (χ4v) is 1.78. The van der Waals surface area contributed by atoms with E-state index in [2.05, 4.69) is 15.3 Å². The number of rotatable bonds is 2. The molecule has 6 nitrogen and oxygen atoms in total. The summed E-state index contributed by atoms with van der Waals surface area (Å²) < 4.78 is 0.577. The fraction of sp³-hybridized carbons (Fsp3) is 0. The van der Waals surface area contributed by atoms with Gasteiger partial charge in [-0.2, -0.15) is 4.73 Å². The Morgan fingerprint density at radius 2 is 2.11 bits per heavy atom. The predicted molar refractivity (Wildman–Crippen MR) is 69.4 cm³/mol. The van der Waals surface area contributed by atoms with Gasteiger partial charge in [0.25, 0.3) is 5.91 Å². The van der Waals surface area contributed by atoms with E-state index in [1.807, 2.05) is 24.3 Å². The van der Waals surface area contributed by atoms with Crippen LogP contribution in [-0.2, 0) is 0 Å². The lowest BCUT2D eigenvalue weighted by molar-refractivity contribution is -0.605. The number of aromatic amines is 1. The molecular formula is C13H10N4O2. The van der Waals surface area contributed by atoms with E-state index in [0.717, 1.165) is 11.0 Å². The highest BCUT2D eigenvalue weighted by Gasteiger charge is 2.11. The van der Waals surface area contributed by atoms with Gasteiger partial charge in [0.1, 0.15) is 5.56 Å². The van der Waals surface area contributed by atoms with Crippen molar-refractivity contribution in [3.05, 3.63) is 59.6 Å². The van der Waals surface area contributed by atoms with E-state index in [1.54, 1.807) is 6.07 Å². The van der Waals surface area contributed by atoms with Gasteiger partial charge in [0.05, 0.1) is 11.0 Å². The Morgan fingerprint density at radius 3 is 2.89 bits per heavy atom. The molecule has 2 heterocycles. The zero-order valence-electron chi connectivity index (χ0n) is 9.83. The quantitative estimate of drug-likeness (QED) is 0.536. The van der Waals surface area contributed by atoms with Crippen molar-refractivity contribution in [2.45, 2.75) is 0 Å². The van der Waals surface area contributed by atoms with E-state index in [4.69, 9.17) is 0 Å². The minimum absolute atomic E-state index is 0.276. The molecular weight excluding hydrogens is 244 g/mol. The molecule has 6 heteroatoms. The maximum Gasteiger partial charge on any atom is 0.264 e. The molecule has 3 aromatic rings. The molecule has 0 aliphatic rings. The van der Waals surface area contributed by atoms with Crippen LogP contribution in [0.3, 0.4) is 0 Å². The Morgan fingerprint density at radius 1 is 1.26 bits per heavy atom. The van der Waals surface area contributed by atoms with Gasteiger partial charge < -0.3 is 10.2 Å². The Bertz CT molecular complexity index is 718. The molecule has 0 unspecified atom stereocenters. The molecule has 1 amide bonds. The number of aromatic nitrogens is 3. The number of pyridine rings is 1. The van der Waals surface area contributed by atoms with Crippen LogP contribution in [0, 0.1) is 5.21 Å². The molecule has 2 N–H and O–H groups in total. The van der Waals surface area contributed by atoms with Crippen LogP contribution < -0.4 is 10.0 Å². The standard InChI is InChI=1S/C13H10N4O2/c18-12(9-4-3-7-17(19)8-9)16-13-14-10-5-1-2-6-11(10)15-13/h1-8H,(H2,14,15,16,18). The average Bonchev–Trinajstić information content (AvgIpc) is 2.80. The average molecular weight is 254 g/mol. The van der Waals surface area contributed by atoms with Crippen LogP contribution in [0.1, 0.15) is 10.4 Å². The van der Waals surface area contributed by atoms with Crippen molar-refractivity contribution < 1.29 is 9.52 Å². The number of H-pyrrole nitrogens is 1. The summed E-state index contributed by atoms with van der Waals surface area (Å²) in [6.45, 7) is 0. The zero-order chi connectivity index (χ0) is 13.2. The summed E-state index contributed by atoms with van der Waals surface area (Å²) in [6, 6.07) is 10.5. The van der Waals surface area contributed by atoms with Crippen molar-refractivity contribution in [3.8, 4) is 0 Å². The van der Waals surface area contributed by atoms with Crippen molar-refractivity contribution in [2.24, 2.45) is 0 Å². The first-order valence-corrected chi connectivity index (χ1v) is 5.67. The number of anilines is 1. The maximum atomic E-state index is 11.9. The number of carbonyl (C=O) groups is 1. The van der Waals surface area contributed by atoms with E-state index in [9.17, 15) is 10.0 Å². The number of nitrogens with zero attached hydrogens (tertiary/aromatic N) is 2. The fourth-order valence-electron chi connectivity index (χ4n) is 1.78. The van der Waals surface area contributed by atoms with Crippen LogP contribution in [0.15, 0.2) is 48.8 Å². The molecule has 0 aliphatic carbocycles. The van der Waals surface area contributed by atoms with Gasteiger partial charge >= 0.3 is 0 Å². The normalized spacial score (nSPS) is 10.5. The molecule has 94 valence electrons. The number of benzene rings is 1. The van der Waals surface area contributed by atoms with Crippen molar-refractivity contribution in [1.82, 2.24) is 9.97 Å². The second-order valence-electron chi connectivity index (χ2n) is 4.01.